The van der Waals surface area contributed by atoms with E-state index in [0.717, 1.165) is 16.2 Å². The third-order valence-electron chi connectivity index (χ3n) is 4.14. The summed E-state index contributed by atoms with van der Waals surface area (Å²) in [7, 11) is 0. The van der Waals surface area contributed by atoms with E-state index in [-0.39, 0.29) is 11.8 Å². The second-order valence-corrected chi connectivity index (χ2v) is 7.18. The van der Waals surface area contributed by atoms with Gasteiger partial charge in [0.25, 0.3) is 5.91 Å². The first-order valence-electron chi connectivity index (χ1n) is 7.54. The number of anilines is 1. The summed E-state index contributed by atoms with van der Waals surface area (Å²) in [6.45, 7) is 8.95. The zero-order valence-electron chi connectivity index (χ0n) is 13.0. The monoisotopic (exact) mass is 316 g/mol. The second kappa shape index (κ2) is 5.47. The largest absolute Gasteiger partial charge is 0.336 e. The van der Waals surface area contributed by atoms with Crippen molar-refractivity contribution in [2.24, 2.45) is 0 Å². The van der Waals surface area contributed by atoms with Crippen molar-refractivity contribution in [3.8, 4) is 0 Å². The quantitative estimate of drug-likeness (QED) is 0.802. The molecule has 0 radical (unpaired) electrons. The van der Waals surface area contributed by atoms with Crippen LogP contribution in [0.2, 0.25) is 0 Å². The van der Waals surface area contributed by atoms with E-state index in [9.17, 15) is 9.59 Å². The summed E-state index contributed by atoms with van der Waals surface area (Å²) in [4.78, 5) is 29.3. The predicted molar refractivity (Wildman–Crippen MR) is 88.8 cm³/mol. The van der Waals surface area contributed by atoms with Crippen LogP contribution < -0.4 is 4.90 Å². The number of carbonyl (C=O) groups is 2. The molecule has 0 unspecified atom stereocenters. The van der Waals surface area contributed by atoms with Crippen molar-refractivity contribution in [2.45, 2.75) is 36.5 Å². The highest BCUT2D eigenvalue weighted by Crippen LogP contribution is 2.56. The van der Waals surface area contributed by atoms with Crippen LogP contribution in [-0.2, 0) is 9.59 Å². The lowest BCUT2D eigenvalue weighted by atomic mass is 10.1. The van der Waals surface area contributed by atoms with Crippen molar-refractivity contribution >= 4 is 29.3 Å². The minimum Gasteiger partial charge on any atom is -0.336 e. The smallest absolute Gasteiger partial charge is 0.260 e. The van der Waals surface area contributed by atoms with Gasteiger partial charge in [-0.15, -0.1) is 0 Å². The Bertz CT molecular complexity index is 658. The Hall–Kier alpha value is -1.75. The predicted octanol–water partition coefficient (Wildman–Crippen LogP) is 3.04. The van der Waals surface area contributed by atoms with Crippen molar-refractivity contribution in [1.82, 2.24) is 4.90 Å². The molecule has 2 amide bonds. The summed E-state index contributed by atoms with van der Waals surface area (Å²) in [6, 6.07) is 7.77. The van der Waals surface area contributed by atoms with Crippen molar-refractivity contribution in [3.05, 3.63) is 36.4 Å². The van der Waals surface area contributed by atoms with Gasteiger partial charge in [0.15, 0.2) is 4.87 Å². The van der Waals surface area contributed by atoms with Gasteiger partial charge in [0.05, 0.1) is 5.69 Å². The SMILES string of the molecule is C=C(C)CN(CC)C(=O)[C@@]12CCC(=O)N1c1ccccc1S2. The molecular weight excluding hydrogens is 296 g/mol. The molecule has 0 aromatic heterocycles. The number of fused-ring (bicyclic) bond motifs is 3. The molecule has 1 saturated heterocycles. The van der Waals surface area contributed by atoms with E-state index in [1.165, 1.54) is 11.8 Å². The number of rotatable bonds is 4. The summed E-state index contributed by atoms with van der Waals surface area (Å²) >= 11 is 1.52. The fourth-order valence-electron chi connectivity index (χ4n) is 3.18. The number of hydrogen-bond donors (Lipinski definition) is 0. The Balaban J connectivity index is 2.00. The van der Waals surface area contributed by atoms with Crippen LogP contribution in [0.1, 0.15) is 26.7 Å². The molecule has 1 atom stereocenters. The van der Waals surface area contributed by atoms with Crippen LogP contribution in [0.15, 0.2) is 41.3 Å². The first-order valence-corrected chi connectivity index (χ1v) is 8.36. The molecule has 22 heavy (non-hydrogen) atoms. The van der Waals surface area contributed by atoms with E-state index in [1.807, 2.05) is 38.1 Å². The lowest BCUT2D eigenvalue weighted by Gasteiger charge is -2.35. The molecule has 5 heteroatoms. The van der Waals surface area contributed by atoms with Gasteiger partial charge in [-0.25, -0.2) is 0 Å². The van der Waals surface area contributed by atoms with Crippen molar-refractivity contribution in [3.63, 3.8) is 0 Å². The van der Waals surface area contributed by atoms with Crippen LogP contribution in [0, 0.1) is 0 Å². The standard InChI is InChI=1S/C17H20N2O2S/c1-4-18(11-12(2)3)16(21)17-10-9-15(20)19(17)13-7-5-6-8-14(13)22-17/h5-8H,2,4,9-11H2,1,3H3/t17-/m0/s1. The number of nitrogens with zero attached hydrogens (tertiary/aromatic N) is 2. The van der Waals surface area contributed by atoms with Gasteiger partial charge in [-0.1, -0.05) is 36.0 Å². The van der Waals surface area contributed by atoms with Gasteiger partial charge in [0, 0.05) is 24.4 Å². The van der Waals surface area contributed by atoms with Crippen molar-refractivity contribution < 1.29 is 9.59 Å². The maximum absolute atomic E-state index is 13.2. The molecule has 2 aliphatic rings. The molecule has 0 saturated carbocycles. The molecule has 3 rings (SSSR count). The van der Waals surface area contributed by atoms with Gasteiger partial charge in [-0.05, 0) is 32.4 Å². The van der Waals surface area contributed by atoms with Crippen LogP contribution >= 0.6 is 11.8 Å². The number of hydrogen-bond acceptors (Lipinski definition) is 3. The average molecular weight is 316 g/mol. The number of carbonyl (C=O) groups excluding carboxylic acids is 2. The minimum absolute atomic E-state index is 0.0186. The molecule has 116 valence electrons. The summed E-state index contributed by atoms with van der Waals surface area (Å²) in [5.41, 5.74) is 1.82. The van der Waals surface area contributed by atoms with Crippen LogP contribution in [0.5, 0.6) is 0 Å². The molecule has 4 nitrogen and oxygen atoms in total. The highest BCUT2D eigenvalue weighted by molar-refractivity contribution is 8.02. The van der Waals surface area contributed by atoms with Crippen molar-refractivity contribution in [1.29, 1.82) is 0 Å². The normalized spacial score (nSPS) is 22.5. The summed E-state index contributed by atoms with van der Waals surface area (Å²) in [6.07, 6.45) is 0.994. The fourth-order valence-corrected chi connectivity index (χ4v) is 4.67. The van der Waals surface area contributed by atoms with E-state index >= 15 is 0 Å². The van der Waals surface area contributed by atoms with Gasteiger partial charge in [0.2, 0.25) is 5.91 Å². The maximum atomic E-state index is 13.2. The van der Waals surface area contributed by atoms with E-state index < -0.39 is 4.87 Å². The van der Waals surface area contributed by atoms with Crippen LogP contribution in [0.3, 0.4) is 0 Å². The fraction of sp³-hybridized carbons (Fsp3) is 0.412. The Kier molecular flexibility index (Phi) is 3.77. The number of benzene rings is 1. The lowest BCUT2D eigenvalue weighted by Crippen LogP contribution is -2.54. The number of amides is 2. The average Bonchev–Trinajstić information content (AvgIpc) is 3.00. The highest BCUT2D eigenvalue weighted by atomic mass is 32.2. The Morgan fingerprint density at radius 1 is 1.45 bits per heavy atom. The van der Waals surface area contributed by atoms with Gasteiger partial charge in [0.1, 0.15) is 0 Å². The van der Waals surface area contributed by atoms with Gasteiger partial charge in [-0.3, -0.25) is 14.5 Å². The minimum atomic E-state index is -0.799. The summed E-state index contributed by atoms with van der Waals surface area (Å²) in [5, 5.41) is 0. The van der Waals surface area contributed by atoms with Crippen molar-refractivity contribution in [2.75, 3.05) is 18.0 Å². The van der Waals surface area contributed by atoms with E-state index in [1.54, 1.807) is 9.80 Å². The van der Waals surface area contributed by atoms with Gasteiger partial charge < -0.3 is 4.90 Å². The molecule has 0 N–H and O–H groups in total. The third kappa shape index (κ3) is 2.15. The number of likely N-dealkylation sites (N-methyl/N-ethyl adjacent to an activating group) is 1. The van der Waals surface area contributed by atoms with Crippen LogP contribution in [-0.4, -0.2) is 34.7 Å². The highest BCUT2D eigenvalue weighted by Gasteiger charge is 2.58. The topological polar surface area (TPSA) is 40.6 Å². The summed E-state index contributed by atoms with van der Waals surface area (Å²) < 4.78 is 0. The molecule has 0 spiro atoms. The molecule has 1 fully saturated rings. The van der Waals surface area contributed by atoms with Gasteiger partial charge >= 0.3 is 0 Å². The first-order chi connectivity index (χ1) is 10.5. The Morgan fingerprint density at radius 3 is 2.86 bits per heavy atom. The molecule has 0 aliphatic carbocycles. The molecule has 2 heterocycles. The number of thioether (sulfide) groups is 1. The Morgan fingerprint density at radius 2 is 2.18 bits per heavy atom. The Labute approximate surface area is 135 Å². The van der Waals surface area contributed by atoms with Gasteiger partial charge in [-0.2, -0.15) is 0 Å². The van der Waals surface area contributed by atoms with Crippen LogP contribution in [0.25, 0.3) is 0 Å². The third-order valence-corrected chi connectivity index (χ3v) is 5.60. The van der Waals surface area contributed by atoms with E-state index in [0.29, 0.717) is 25.9 Å². The van der Waals surface area contributed by atoms with E-state index in [4.69, 9.17) is 0 Å². The molecular formula is C17H20N2O2S. The summed E-state index contributed by atoms with van der Waals surface area (Å²) in [5.74, 6) is 0.0576. The molecule has 1 aromatic rings. The van der Waals surface area contributed by atoms with Crippen LogP contribution in [0.4, 0.5) is 5.69 Å². The zero-order valence-corrected chi connectivity index (χ0v) is 13.8. The zero-order chi connectivity index (χ0) is 15.9. The molecule has 1 aromatic carbocycles. The lowest BCUT2D eigenvalue weighted by molar-refractivity contribution is -0.133. The molecule has 2 aliphatic heterocycles. The molecule has 0 bridgehead atoms. The second-order valence-electron chi connectivity index (χ2n) is 5.86. The first kappa shape index (κ1) is 15.2. The number of para-hydroxylation sites is 1. The van der Waals surface area contributed by atoms with E-state index in [2.05, 4.69) is 6.58 Å². The maximum Gasteiger partial charge on any atom is 0.260 e.